The van der Waals surface area contributed by atoms with Crippen LogP contribution in [-0.2, 0) is 0 Å². The van der Waals surface area contributed by atoms with Crippen molar-refractivity contribution < 1.29 is 4.79 Å². The molecule has 0 radical (unpaired) electrons. The maximum atomic E-state index is 12.7. The number of carbonyl (C=O) groups excluding carboxylic acids is 1. The van der Waals surface area contributed by atoms with Crippen LogP contribution in [0, 0.1) is 0 Å². The first-order valence-corrected chi connectivity index (χ1v) is 7.75. The monoisotopic (exact) mass is 315 g/mol. The Morgan fingerprint density at radius 1 is 0.739 bits per heavy atom. The summed E-state index contributed by atoms with van der Waals surface area (Å²) in [5, 5.41) is 0. The first-order chi connectivity index (χ1) is 11.2. The molecule has 1 aliphatic rings. The first kappa shape index (κ1) is 13.9. The second-order valence-electron chi connectivity index (χ2n) is 5.55. The summed E-state index contributed by atoms with van der Waals surface area (Å²) < 4.78 is 0. The zero-order chi connectivity index (χ0) is 16.0. The van der Waals surface area contributed by atoms with E-state index in [2.05, 4.69) is 0 Å². The number of carbonyl (C=O) groups is 1. The summed E-state index contributed by atoms with van der Waals surface area (Å²) in [5.41, 5.74) is 11.5. The molecule has 3 aromatic rings. The van der Waals surface area contributed by atoms with Crippen LogP contribution in [0.15, 0.2) is 66.7 Å². The number of rotatable bonds is 1. The molecule has 0 atom stereocenters. The molecule has 0 spiro atoms. The fourth-order valence-electron chi connectivity index (χ4n) is 3.03. The highest BCUT2D eigenvalue weighted by Gasteiger charge is 2.28. The zero-order valence-corrected chi connectivity index (χ0v) is 13.1. The number of hydrogen-bond acceptors (Lipinski definition) is 3. The summed E-state index contributed by atoms with van der Waals surface area (Å²) in [6.45, 7) is 0. The molecule has 23 heavy (non-hydrogen) atoms. The topological polar surface area (TPSA) is 43.1 Å². The van der Waals surface area contributed by atoms with Crippen molar-refractivity contribution in [1.82, 2.24) is 0 Å². The molecule has 0 heterocycles. The van der Waals surface area contributed by atoms with E-state index >= 15 is 0 Å². The number of benzene rings is 3. The number of thiocarbonyl (C=S) groups is 1. The van der Waals surface area contributed by atoms with E-state index in [1.807, 2.05) is 48.5 Å². The van der Waals surface area contributed by atoms with E-state index in [4.69, 9.17) is 18.0 Å². The van der Waals surface area contributed by atoms with Crippen molar-refractivity contribution in [3.05, 3.63) is 89.0 Å². The van der Waals surface area contributed by atoms with Gasteiger partial charge in [0.1, 0.15) is 0 Å². The zero-order valence-electron chi connectivity index (χ0n) is 12.2. The molecule has 3 aromatic carbocycles. The van der Waals surface area contributed by atoms with Crippen LogP contribution >= 0.6 is 12.2 Å². The van der Waals surface area contributed by atoms with Crippen LogP contribution in [0.25, 0.3) is 11.1 Å². The van der Waals surface area contributed by atoms with Gasteiger partial charge in [-0.15, -0.1) is 0 Å². The van der Waals surface area contributed by atoms with Gasteiger partial charge in [-0.3, -0.25) is 4.79 Å². The highest BCUT2D eigenvalue weighted by atomic mass is 32.1. The molecule has 3 heteroatoms. The molecule has 0 unspecified atom stereocenters. The van der Waals surface area contributed by atoms with Gasteiger partial charge in [-0.25, -0.2) is 0 Å². The third-order valence-electron chi connectivity index (χ3n) is 4.18. The van der Waals surface area contributed by atoms with Gasteiger partial charge in [0.2, 0.25) is 0 Å². The van der Waals surface area contributed by atoms with Crippen molar-refractivity contribution >= 4 is 28.6 Å². The standard InChI is InChI=1S/C20H13NOS/c21-17-8-4-7-15-18(17)20(23)16-11-13(9-10-14(16)19(15)22)12-5-2-1-3-6-12/h1-11H,21H2. The third-order valence-corrected chi connectivity index (χ3v) is 4.61. The second kappa shape index (κ2) is 5.14. The molecule has 0 amide bonds. The minimum Gasteiger partial charge on any atom is -0.398 e. The number of hydrogen-bond donors (Lipinski definition) is 1. The Bertz CT molecular complexity index is 961. The van der Waals surface area contributed by atoms with Gasteiger partial charge in [0, 0.05) is 27.9 Å². The van der Waals surface area contributed by atoms with Gasteiger partial charge in [-0.05, 0) is 29.3 Å². The molecule has 2 nitrogen and oxygen atoms in total. The van der Waals surface area contributed by atoms with E-state index in [0.717, 1.165) is 16.7 Å². The molecular formula is C20H13NOS. The lowest BCUT2D eigenvalue weighted by Gasteiger charge is -2.21. The van der Waals surface area contributed by atoms with Crippen LogP contribution in [0.2, 0.25) is 0 Å². The Hall–Kier alpha value is -2.78. The van der Waals surface area contributed by atoms with Crippen LogP contribution in [0.4, 0.5) is 5.69 Å². The van der Waals surface area contributed by atoms with E-state index in [1.54, 1.807) is 18.2 Å². The van der Waals surface area contributed by atoms with Crippen LogP contribution in [0.5, 0.6) is 0 Å². The Balaban J connectivity index is 1.93. The number of ketones is 1. The van der Waals surface area contributed by atoms with E-state index in [1.165, 1.54) is 0 Å². The Labute approximate surface area is 139 Å². The van der Waals surface area contributed by atoms with Crippen molar-refractivity contribution in [1.29, 1.82) is 0 Å². The molecule has 110 valence electrons. The van der Waals surface area contributed by atoms with Crippen LogP contribution in [0.1, 0.15) is 27.0 Å². The van der Waals surface area contributed by atoms with Gasteiger partial charge in [-0.1, -0.05) is 60.7 Å². The smallest absolute Gasteiger partial charge is 0.194 e. The van der Waals surface area contributed by atoms with Crippen LogP contribution in [0.3, 0.4) is 0 Å². The minimum absolute atomic E-state index is 0.0180. The average Bonchev–Trinajstić information content (AvgIpc) is 2.60. The van der Waals surface area contributed by atoms with E-state index in [9.17, 15) is 4.79 Å². The lowest BCUT2D eigenvalue weighted by molar-refractivity contribution is 0.103. The maximum absolute atomic E-state index is 12.7. The lowest BCUT2D eigenvalue weighted by atomic mass is 9.83. The van der Waals surface area contributed by atoms with Gasteiger partial charge in [0.15, 0.2) is 5.78 Å². The summed E-state index contributed by atoms with van der Waals surface area (Å²) in [7, 11) is 0. The molecule has 1 aliphatic carbocycles. The highest BCUT2D eigenvalue weighted by Crippen LogP contribution is 2.33. The van der Waals surface area contributed by atoms with Crippen molar-refractivity contribution in [3.63, 3.8) is 0 Å². The molecular weight excluding hydrogens is 302 g/mol. The second-order valence-corrected chi connectivity index (χ2v) is 5.96. The molecule has 0 aliphatic heterocycles. The molecule has 0 saturated heterocycles. The highest BCUT2D eigenvalue weighted by molar-refractivity contribution is 7.81. The van der Waals surface area contributed by atoms with Gasteiger partial charge in [0.05, 0.1) is 4.86 Å². The van der Waals surface area contributed by atoms with Crippen molar-refractivity contribution in [2.75, 3.05) is 5.73 Å². The minimum atomic E-state index is -0.0180. The van der Waals surface area contributed by atoms with Gasteiger partial charge >= 0.3 is 0 Å². The fourth-order valence-corrected chi connectivity index (χ4v) is 3.43. The predicted octanol–water partition coefficient (Wildman–Crippen LogP) is 4.25. The number of anilines is 1. The molecule has 2 N–H and O–H groups in total. The quantitative estimate of drug-likeness (QED) is 0.422. The van der Waals surface area contributed by atoms with Crippen molar-refractivity contribution in [2.45, 2.75) is 0 Å². The molecule has 0 aromatic heterocycles. The first-order valence-electron chi connectivity index (χ1n) is 7.34. The van der Waals surface area contributed by atoms with E-state index in [0.29, 0.717) is 27.2 Å². The number of fused-ring (bicyclic) bond motifs is 2. The van der Waals surface area contributed by atoms with E-state index in [-0.39, 0.29) is 5.78 Å². The van der Waals surface area contributed by atoms with Crippen molar-refractivity contribution in [2.24, 2.45) is 0 Å². The Morgan fingerprint density at radius 2 is 1.52 bits per heavy atom. The molecule has 0 saturated carbocycles. The largest absolute Gasteiger partial charge is 0.398 e. The Morgan fingerprint density at radius 3 is 2.30 bits per heavy atom. The predicted molar refractivity (Wildman–Crippen MR) is 97.0 cm³/mol. The molecule has 0 bridgehead atoms. The number of nitrogens with two attached hydrogens (primary N) is 1. The normalized spacial score (nSPS) is 12.7. The van der Waals surface area contributed by atoms with Crippen LogP contribution < -0.4 is 5.73 Å². The van der Waals surface area contributed by atoms with Crippen molar-refractivity contribution in [3.8, 4) is 11.1 Å². The summed E-state index contributed by atoms with van der Waals surface area (Å²) in [6, 6.07) is 21.2. The summed E-state index contributed by atoms with van der Waals surface area (Å²) >= 11 is 5.63. The summed E-state index contributed by atoms with van der Waals surface area (Å²) in [4.78, 5) is 13.4. The Kier molecular flexibility index (Phi) is 3.10. The van der Waals surface area contributed by atoms with Gasteiger partial charge in [-0.2, -0.15) is 0 Å². The fraction of sp³-hybridized carbons (Fsp3) is 0. The van der Waals surface area contributed by atoms with Gasteiger partial charge in [0.25, 0.3) is 0 Å². The molecule has 0 fully saturated rings. The molecule has 4 rings (SSSR count). The number of nitrogen functional groups attached to an aromatic ring is 1. The van der Waals surface area contributed by atoms with Crippen LogP contribution in [-0.4, -0.2) is 10.6 Å². The average molecular weight is 315 g/mol. The van der Waals surface area contributed by atoms with E-state index < -0.39 is 0 Å². The lowest BCUT2D eigenvalue weighted by Crippen LogP contribution is -2.21. The SMILES string of the molecule is Nc1cccc2c1C(=S)c1cc(-c3ccccc3)ccc1C2=O. The van der Waals surface area contributed by atoms with Gasteiger partial charge < -0.3 is 5.73 Å². The summed E-state index contributed by atoms with van der Waals surface area (Å²) in [5.74, 6) is -0.0180. The maximum Gasteiger partial charge on any atom is 0.194 e. The summed E-state index contributed by atoms with van der Waals surface area (Å²) in [6.07, 6.45) is 0. The third kappa shape index (κ3) is 2.09.